The lowest BCUT2D eigenvalue weighted by Crippen LogP contribution is -1.97. The van der Waals surface area contributed by atoms with Crippen molar-refractivity contribution in [3.63, 3.8) is 0 Å². The molecule has 17 heavy (non-hydrogen) atoms. The average molecular weight is 299 g/mol. The number of unbranched alkanes of at least 4 members (excludes halogenated alkanes) is 1. The molecule has 0 spiro atoms. The summed E-state index contributed by atoms with van der Waals surface area (Å²) < 4.78 is 6.40. The summed E-state index contributed by atoms with van der Waals surface area (Å²) in [4.78, 5) is 10.4. The summed E-state index contributed by atoms with van der Waals surface area (Å²) in [5.41, 5.74) is 0.821. The van der Waals surface area contributed by atoms with Gasteiger partial charge in [0.25, 0.3) is 0 Å². The minimum Gasteiger partial charge on any atom is -0.492 e. The van der Waals surface area contributed by atoms with E-state index in [9.17, 15) is 4.79 Å². The quantitative estimate of drug-likeness (QED) is 0.643. The average Bonchev–Trinajstić information content (AvgIpc) is 2.29. The molecule has 0 atom stereocenters. The first kappa shape index (κ1) is 13.8. The molecule has 4 heteroatoms. The van der Waals surface area contributed by atoms with E-state index < -0.39 is 5.97 Å². The fourth-order valence-electron chi connectivity index (χ4n) is 1.23. The highest BCUT2D eigenvalue weighted by molar-refractivity contribution is 9.10. The maximum Gasteiger partial charge on any atom is 0.328 e. The number of rotatable bonds is 6. The van der Waals surface area contributed by atoms with Crippen molar-refractivity contribution in [3.05, 3.63) is 34.3 Å². The Bertz CT molecular complexity index is 413. The van der Waals surface area contributed by atoms with Gasteiger partial charge in [0.05, 0.1) is 11.1 Å². The predicted octanol–water partition coefficient (Wildman–Crippen LogP) is 3.73. The number of carboxylic acid groups (broad SMARTS) is 1. The van der Waals surface area contributed by atoms with E-state index in [-0.39, 0.29) is 0 Å². The van der Waals surface area contributed by atoms with Gasteiger partial charge in [0.1, 0.15) is 5.75 Å². The molecular weight excluding hydrogens is 284 g/mol. The fourth-order valence-corrected chi connectivity index (χ4v) is 1.74. The lowest BCUT2D eigenvalue weighted by Gasteiger charge is -2.07. The van der Waals surface area contributed by atoms with Gasteiger partial charge in [-0.2, -0.15) is 0 Å². The molecule has 0 saturated carbocycles. The van der Waals surface area contributed by atoms with Crippen molar-refractivity contribution in [3.8, 4) is 5.75 Å². The topological polar surface area (TPSA) is 46.5 Å². The van der Waals surface area contributed by atoms with Gasteiger partial charge in [-0.25, -0.2) is 4.79 Å². The van der Waals surface area contributed by atoms with E-state index in [0.717, 1.165) is 34.7 Å². The van der Waals surface area contributed by atoms with Gasteiger partial charge in [0.15, 0.2) is 0 Å². The number of carbonyl (C=O) groups is 1. The molecule has 0 unspecified atom stereocenters. The minimum absolute atomic E-state index is 0.694. The number of carboxylic acids is 1. The number of aliphatic carboxylic acids is 1. The summed E-state index contributed by atoms with van der Waals surface area (Å²) in [6.45, 7) is 2.80. The van der Waals surface area contributed by atoms with Crippen LogP contribution in [0.5, 0.6) is 5.75 Å². The Morgan fingerprint density at radius 1 is 1.53 bits per heavy atom. The zero-order valence-electron chi connectivity index (χ0n) is 9.65. The van der Waals surface area contributed by atoms with Crippen LogP contribution in [0.4, 0.5) is 0 Å². The molecule has 1 N–H and O–H groups in total. The van der Waals surface area contributed by atoms with Crippen LogP contribution >= 0.6 is 15.9 Å². The molecule has 92 valence electrons. The van der Waals surface area contributed by atoms with Gasteiger partial charge in [-0.1, -0.05) is 19.4 Å². The first-order valence-electron chi connectivity index (χ1n) is 5.47. The second kappa shape index (κ2) is 7.12. The third kappa shape index (κ3) is 5.04. The van der Waals surface area contributed by atoms with Gasteiger partial charge in [-0.05, 0) is 46.1 Å². The summed E-state index contributed by atoms with van der Waals surface area (Å²) in [5.74, 6) is -0.171. The van der Waals surface area contributed by atoms with Crippen LogP contribution in [0.3, 0.4) is 0 Å². The molecule has 0 aromatic heterocycles. The highest BCUT2D eigenvalue weighted by Crippen LogP contribution is 2.26. The Hall–Kier alpha value is -1.29. The van der Waals surface area contributed by atoms with Crippen molar-refractivity contribution in [2.75, 3.05) is 6.61 Å². The molecule has 0 fully saturated rings. The summed E-state index contributed by atoms with van der Waals surface area (Å²) >= 11 is 3.40. The van der Waals surface area contributed by atoms with E-state index >= 15 is 0 Å². The molecule has 3 nitrogen and oxygen atoms in total. The minimum atomic E-state index is -0.954. The van der Waals surface area contributed by atoms with Crippen LogP contribution in [0.2, 0.25) is 0 Å². The second-order valence-corrected chi connectivity index (χ2v) is 4.42. The molecule has 0 aliphatic heterocycles. The lowest BCUT2D eigenvalue weighted by atomic mass is 10.2. The summed E-state index contributed by atoms with van der Waals surface area (Å²) in [7, 11) is 0. The van der Waals surface area contributed by atoms with Crippen LogP contribution < -0.4 is 4.74 Å². The Morgan fingerprint density at radius 2 is 2.29 bits per heavy atom. The maximum atomic E-state index is 10.4. The highest BCUT2D eigenvalue weighted by Gasteiger charge is 2.01. The summed E-state index contributed by atoms with van der Waals surface area (Å²) in [6.07, 6.45) is 4.77. The molecule has 0 aliphatic carbocycles. The molecule has 1 aromatic carbocycles. The molecule has 0 aliphatic rings. The third-order valence-corrected chi connectivity index (χ3v) is 2.75. The van der Waals surface area contributed by atoms with Crippen LogP contribution in [0.25, 0.3) is 6.08 Å². The molecule has 0 radical (unpaired) electrons. The number of benzene rings is 1. The van der Waals surface area contributed by atoms with Gasteiger partial charge in [-0.3, -0.25) is 0 Å². The van der Waals surface area contributed by atoms with Crippen LogP contribution in [0.15, 0.2) is 28.7 Å². The van der Waals surface area contributed by atoms with Crippen molar-refractivity contribution in [1.82, 2.24) is 0 Å². The second-order valence-electron chi connectivity index (χ2n) is 3.56. The largest absolute Gasteiger partial charge is 0.492 e. The SMILES string of the molecule is CCCCOc1ccc(/C=C/C(=O)O)cc1Br. The monoisotopic (exact) mass is 298 g/mol. The van der Waals surface area contributed by atoms with Gasteiger partial charge in [0, 0.05) is 6.08 Å². The Kier molecular flexibility index (Phi) is 5.77. The molecule has 1 aromatic rings. The molecule has 0 amide bonds. The Labute approximate surface area is 109 Å². The molecule has 0 heterocycles. The molecule has 0 bridgehead atoms. The first-order chi connectivity index (χ1) is 8.13. The van der Waals surface area contributed by atoms with Crippen LogP contribution in [-0.4, -0.2) is 17.7 Å². The lowest BCUT2D eigenvalue weighted by molar-refractivity contribution is -0.131. The molecule has 0 saturated heterocycles. The Morgan fingerprint density at radius 3 is 2.88 bits per heavy atom. The number of ether oxygens (including phenoxy) is 1. The van der Waals surface area contributed by atoms with E-state index in [2.05, 4.69) is 22.9 Å². The smallest absolute Gasteiger partial charge is 0.328 e. The van der Waals surface area contributed by atoms with Crippen molar-refractivity contribution < 1.29 is 14.6 Å². The highest BCUT2D eigenvalue weighted by atomic mass is 79.9. The van der Waals surface area contributed by atoms with Gasteiger partial charge < -0.3 is 9.84 Å². The fraction of sp³-hybridized carbons (Fsp3) is 0.308. The predicted molar refractivity (Wildman–Crippen MR) is 71.2 cm³/mol. The Balaban J connectivity index is 2.69. The zero-order valence-corrected chi connectivity index (χ0v) is 11.2. The number of halogens is 1. The van der Waals surface area contributed by atoms with E-state index in [1.807, 2.05) is 18.2 Å². The third-order valence-electron chi connectivity index (χ3n) is 2.13. The zero-order chi connectivity index (χ0) is 12.7. The number of hydrogen-bond donors (Lipinski definition) is 1. The van der Waals surface area contributed by atoms with E-state index in [0.29, 0.717) is 6.61 Å². The van der Waals surface area contributed by atoms with Gasteiger partial charge in [0.2, 0.25) is 0 Å². The molecule has 1 rings (SSSR count). The standard InChI is InChI=1S/C13H15BrO3/c1-2-3-8-17-12-6-4-10(9-11(12)14)5-7-13(15)16/h4-7,9H,2-3,8H2,1H3,(H,15,16)/b7-5+. The number of hydrogen-bond acceptors (Lipinski definition) is 2. The summed E-state index contributed by atoms with van der Waals surface area (Å²) in [5, 5.41) is 8.52. The van der Waals surface area contributed by atoms with Crippen molar-refractivity contribution in [2.45, 2.75) is 19.8 Å². The summed E-state index contributed by atoms with van der Waals surface area (Å²) in [6, 6.07) is 5.49. The first-order valence-corrected chi connectivity index (χ1v) is 6.26. The van der Waals surface area contributed by atoms with Crippen molar-refractivity contribution >= 4 is 28.0 Å². The van der Waals surface area contributed by atoms with Gasteiger partial charge in [-0.15, -0.1) is 0 Å². The maximum absolute atomic E-state index is 10.4. The van der Waals surface area contributed by atoms with Crippen LogP contribution in [-0.2, 0) is 4.79 Å². The van der Waals surface area contributed by atoms with Gasteiger partial charge >= 0.3 is 5.97 Å². The molecular formula is C13H15BrO3. The van der Waals surface area contributed by atoms with Crippen LogP contribution in [0, 0.1) is 0 Å². The normalized spacial score (nSPS) is 10.7. The van der Waals surface area contributed by atoms with E-state index in [4.69, 9.17) is 9.84 Å². The van der Waals surface area contributed by atoms with Crippen molar-refractivity contribution in [2.24, 2.45) is 0 Å². The van der Waals surface area contributed by atoms with Crippen molar-refractivity contribution in [1.29, 1.82) is 0 Å². The van der Waals surface area contributed by atoms with E-state index in [1.165, 1.54) is 0 Å². The van der Waals surface area contributed by atoms with Crippen LogP contribution in [0.1, 0.15) is 25.3 Å². The van der Waals surface area contributed by atoms with E-state index in [1.54, 1.807) is 6.08 Å².